The first-order chi connectivity index (χ1) is 17.9. The van der Waals surface area contributed by atoms with Gasteiger partial charge < -0.3 is 25.0 Å². The van der Waals surface area contributed by atoms with Crippen molar-refractivity contribution >= 4 is 29.2 Å². The number of benzene rings is 1. The van der Waals surface area contributed by atoms with Crippen molar-refractivity contribution < 1.29 is 43.6 Å². The molecule has 0 aliphatic rings. The number of thiophene rings is 1. The van der Waals surface area contributed by atoms with Crippen LogP contribution >= 0.6 is 11.3 Å². The lowest BCUT2D eigenvalue weighted by Crippen LogP contribution is -2.42. The number of aromatic nitrogens is 2. The normalized spacial score (nSPS) is 11.2. The number of carboxylic acid groups (broad SMARTS) is 3. The smallest absolute Gasteiger partial charge is 0.336 e. The summed E-state index contributed by atoms with van der Waals surface area (Å²) in [6.07, 6.45) is 4.16. The third-order valence-electron chi connectivity index (χ3n) is 5.24. The highest BCUT2D eigenvalue weighted by Crippen LogP contribution is 2.20. The Kier molecular flexibility index (Phi) is 11.5. The average molecular weight is 554 g/mol. The monoisotopic (exact) mass is 553 g/mol. The number of aliphatic carboxylic acids is 3. The Balaban J connectivity index is 0.000000332. The molecular weight excluding hydrogens is 524 g/mol. The van der Waals surface area contributed by atoms with Gasteiger partial charge in [-0.1, -0.05) is 0 Å². The number of nitrogens with zero attached hydrogens (tertiary/aromatic N) is 3. The Bertz CT molecular complexity index is 1180. The number of hydrogen-bond donors (Lipinski definition) is 4. The maximum absolute atomic E-state index is 13.5. The van der Waals surface area contributed by atoms with E-state index < -0.39 is 48.0 Å². The predicted molar refractivity (Wildman–Crippen MR) is 133 cm³/mol. The number of hydrogen-bond acceptors (Lipinski definition) is 7. The van der Waals surface area contributed by atoms with Crippen LogP contribution in [0, 0.1) is 18.6 Å². The standard InChI is InChI=1S/C19H21F2N3S.C6H8O7/c1-15-3-4-19(25-15)13-24(7-2-6-23-8-5-22-14-23)12-16-9-17(20)11-18(21)10-16;7-3(8)1-6(13,5(11)12)2-4(9)10/h3-5,8-11,14H,2,6-7,12-13H2,1H3;13H,1-2H2,(H,7,8)(H,9,10)(H,11,12). The van der Waals surface area contributed by atoms with Crippen molar-refractivity contribution in [2.24, 2.45) is 0 Å². The summed E-state index contributed by atoms with van der Waals surface area (Å²) in [5, 5.41) is 33.8. The molecule has 0 fully saturated rings. The summed E-state index contributed by atoms with van der Waals surface area (Å²) in [7, 11) is 0. The van der Waals surface area contributed by atoms with Crippen LogP contribution in [0.15, 0.2) is 49.1 Å². The number of imidazole rings is 1. The van der Waals surface area contributed by atoms with E-state index in [1.807, 2.05) is 10.8 Å². The van der Waals surface area contributed by atoms with E-state index in [2.05, 4.69) is 28.9 Å². The summed E-state index contributed by atoms with van der Waals surface area (Å²) in [4.78, 5) is 39.3. The summed E-state index contributed by atoms with van der Waals surface area (Å²) in [5.74, 6) is -6.07. The number of carbonyl (C=O) groups is 3. The van der Waals surface area contributed by atoms with E-state index in [4.69, 9.17) is 20.4 Å². The average Bonchev–Trinajstić information content (AvgIpc) is 3.44. The summed E-state index contributed by atoms with van der Waals surface area (Å²) in [6, 6.07) is 7.95. The molecule has 0 saturated carbocycles. The van der Waals surface area contributed by atoms with Gasteiger partial charge in [0, 0.05) is 54.4 Å². The van der Waals surface area contributed by atoms with Gasteiger partial charge in [-0.3, -0.25) is 14.5 Å². The minimum Gasteiger partial charge on any atom is -0.481 e. The number of rotatable bonds is 13. The molecule has 206 valence electrons. The molecular formula is C25H29F2N3O7S. The first-order valence-corrected chi connectivity index (χ1v) is 12.3. The largest absolute Gasteiger partial charge is 0.481 e. The zero-order valence-corrected chi connectivity index (χ0v) is 21.4. The van der Waals surface area contributed by atoms with E-state index in [0.717, 1.165) is 32.1 Å². The second kappa shape index (κ2) is 14.3. The van der Waals surface area contributed by atoms with Crippen molar-refractivity contribution in [2.75, 3.05) is 6.54 Å². The fraction of sp³-hybridized carbons (Fsp3) is 0.360. The van der Waals surface area contributed by atoms with Crippen molar-refractivity contribution in [1.29, 1.82) is 0 Å². The Morgan fingerprint density at radius 1 is 1.03 bits per heavy atom. The van der Waals surface area contributed by atoms with Crippen LogP contribution in [-0.2, 0) is 34.0 Å². The summed E-state index contributed by atoms with van der Waals surface area (Å²) < 4.78 is 29.0. The Labute approximate surface area is 221 Å². The van der Waals surface area contributed by atoms with E-state index in [9.17, 15) is 23.2 Å². The Morgan fingerprint density at radius 3 is 2.13 bits per heavy atom. The number of aliphatic hydroxyl groups is 1. The molecule has 13 heteroatoms. The molecule has 0 spiro atoms. The van der Waals surface area contributed by atoms with E-state index >= 15 is 0 Å². The van der Waals surface area contributed by atoms with Crippen LogP contribution in [0.4, 0.5) is 8.78 Å². The van der Waals surface area contributed by atoms with Gasteiger partial charge in [-0.05, 0) is 43.2 Å². The van der Waals surface area contributed by atoms with Crippen LogP contribution in [0.2, 0.25) is 0 Å². The first-order valence-electron chi connectivity index (χ1n) is 11.4. The lowest BCUT2D eigenvalue weighted by Gasteiger charge is -2.22. The van der Waals surface area contributed by atoms with Crippen LogP contribution in [0.1, 0.15) is 34.6 Å². The van der Waals surface area contributed by atoms with Crippen LogP contribution in [0.3, 0.4) is 0 Å². The van der Waals surface area contributed by atoms with Crippen molar-refractivity contribution in [3.63, 3.8) is 0 Å². The molecule has 0 bridgehead atoms. The van der Waals surface area contributed by atoms with Gasteiger partial charge in [-0.2, -0.15) is 0 Å². The molecule has 0 saturated heterocycles. The molecule has 2 aromatic heterocycles. The second-order valence-electron chi connectivity index (χ2n) is 8.63. The third kappa shape index (κ3) is 10.7. The first kappa shape index (κ1) is 30.5. The second-order valence-corrected chi connectivity index (χ2v) is 10.0. The van der Waals surface area contributed by atoms with E-state index in [1.54, 1.807) is 23.9 Å². The topological polar surface area (TPSA) is 153 Å². The molecule has 10 nitrogen and oxygen atoms in total. The molecule has 1 aromatic carbocycles. The third-order valence-corrected chi connectivity index (χ3v) is 6.22. The van der Waals surface area contributed by atoms with Gasteiger partial charge in [0.15, 0.2) is 5.60 Å². The van der Waals surface area contributed by atoms with Crippen molar-refractivity contribution in [1.82, 2.24) is 14.5 Å². The molecule has 0 atom stereocenters. The minimum absolute atomic E-state index is 0.523. The fourth-order valence-corrected chi connectivity index (χ4v) is 4.51. The van der Waals surface area contributed by atoms with E-state index in [0.29, 0.717) is 12.1 Å². The molecule has 0 amide bonds. The van der Waals surface area contributed by atoms with Crippen LogP contribution in [-0.4, -0.2) is 64.9 Å². The van der Waals surface area contributed by atoms with Gasteiger partial charge >= 0.3 is 17.9 Å². The number of aryl methyl sites for hydroxylation is 2. The van der Waals surface area contributed by atoms with Crippen LogP contribution in [0.25, 0.3) is 0 Å². The van der Waals surface area contributed by atoms with Crippen molar-refractivity contribution in [3.05, 3.63) is 76.0 Å². The van der Waals surface area contributed by atoms with Gasteiger partial charge in [-0.25, -0.2) is 18.6 Å². The summed E-state index contributed by atoms with van der Waals surface area (Å²) >= 11 is 1.76. The molecule has 0 unspecified atom stereocenters. The molecule has 4 N–H and O–H groups in total. The highest BCUT2D eigenvalue weighted by atomic mass is 32.1. The van der Waals surface area contributed by atoms with Crippen molar-refractivity contribution in [2.45, 2.75) is 51.4 Å². The van der Waals surface area contributed by atoms with Gasteiger partial charge in [0.1, 0.15) is 11.6 Å². The highest BCUT2D eigenvalue weighted by Gasteiger charge is 2.40. The maximum Gasteiger partial charge on any atom is 0.336 e. The SMILES string of the molecule is Cc1ccc(CN(CCCn2ccnc2)Cc2cc(F)cc(F)c2)s1.O=C(O)CC(O)(CC(=O)O)C(=O)O. The molecule has 3 aromatic rings. The number of halogens is 2. The minimum atomic E-state index is -2.74. The zero-order chi connectivity index (χ0) is 28.3. The maximum atomic E-state index is 13.5. The summed E-state index contributed by atoms with van der Waals surface area (Å²) in [5.41, 5.74) is -2.08. The molecule has 0 aliphatic heterocycles. The predicted octanol–water partition coefficient (Wildman–Crippen LogP) is 3.38. The van der Waals surface area contributed by atoms with Crippen LogP contribution < -0.4 is 0 Å². The summed E-state index contributed by atoms with van der Waals surface area (Å²) in [6.45, 7) is 5.10. The van der Waals surface area contributed by atoms with Gasteiger partial charge in [0.05, 0.1) is 19.2 Å². The zero-order valence-electron chi connectivity index (χ0n) is 20.6. The number of carboxylic acids is 3. The fourth-order valence-electron chi connectivity index (χ4n) is 3.57. The van der Waals surface area contributed by atoms with E-state index in [1.165, 1.54) is 21.9 Å². The molecule has 38 heavy (non-hydrogen) atoms. The quantitative estimate of drug-likeness (QED) is 0.249. The molecule has 0 radical (unpaired) electrons. The Morgan fingerprint density at radius 2 is 1.66 bits per heavy atom. The molecule has 3 rings (SSSR count). The van der Waals surface area contributed by atoms with Gasteiger partial charge in [-0.15, -0.1) is 11.3 Å². The lowest BCUT2D eigenvalue weighted by molar-refractivity contribution is -0.170. The van der Waals surface area contributed by atoms with Crippen molar-refractivity contribution in [3.8, 4) is 0 Å². The van der Waals surface area contributed by atoms with Gasteiger partial charge in [0.2, 0.25) is 0 Å². The van der Waals surface area contributed by atoms with Crippen LogP contribution in [0.5, 0.6) is 0 Å². The van der Waals surface area contributed by atoms with Gasteiger partial charge in [0.25, 0.3) is 0 Å². The molecule has 0 aliphatic carbocycles. The highest BCUT2D eigenvalue weighted by molar-refractivity contribution is 7.11. The Hall–Kier alpha value is -3.68. The lowest BCUT2D eigenvalue weighted by atomic mass is 9.96. The molecule has 2 heterocycles. The van der Waals surface area contributed by atoms with E-state index in [-0.39, 0.29) is 0 Å².